The van der Waals surface area contributed by atoms with Gasteiger partial charge in [0.15, 0.2) is 0 Å². The fraction of sp³-hybridized carbons (Fsp3) is 1.00. The largest absolute Gasteiger partial charge is 0.392 e. The molecule has 0 spiro atoms. The summed E-state index contributed by atoms with van der Waals surface area (Å²) in [7, 11) is -1.67. The summed E-state index contributed by atoms with van der Waals surface area (Å²) in [4.78, 5) is 0. The fourth-order valence-corrected chi connectivity index (χ4v) is 2.55. The number of nitrogens with zero attached hydrogens (tertiary/aromatic N) is 1. The van der Waals surface area contributed by atoms with Crippen molar-refractivity contribution in [1.29, 1.82) is 0 Å². The van der Waals surface area contributed by atoms with Crippen molar-refractivity contribution in [2.24, 2.45) is 5.92 Å². The van der Waals surface area contributed by atoms with E-state index in [4.69, 9.17) is 5.11 Å². The highest BCUT2D eigenvalue weighted by molar-refractivity contribution is 7.89. The number of sulfonamides is 1. The van der Waals surface area contributed by atoms with Gasteiger partial charge in [-0.3, -0.25) is 0 Å². The minimum atomic E-state index is -3.18. The van der Waals surface area contributed by atoms with Crippen LogP contribution in [0.15, 0.2) is 0 Å². The van der Waals surface area contributed by atoms with Crippen molar-refractivity contribution in [2.75, 3.05) is 19.3 Å². The van der Waals surface area contributed by atoms with Crippen LogP contribution in [0.25, 0.3) is 0 Å². The number of aliphatic hydroxyl groups is 1. The van der Waals surface area contributed by atoms with E-state index in [2.05, 4.69) is 0 Å². The molecule has 0 aromatic rings. The summed E-state index contributed by atoms with van der Waals surface area (Å²) in [6.45, 7) is 5.73. The number of hydrogen-bond donors (Lipinski definition) is 1. The van der Waals surface area contributed by atoms with Crippen LogP contribution in [0, 0.1) is 5.92 Å². The highest BCUT2D eigenvalue weighted by atomic mass is 32.2. The topological polar surface area (TPSA) is 57.6 Å². The van der Waals surface area contributed by atoms with Crippen molar-refractivity contribution in [2.45, 2.75) is 33.3 Å². The maximum Gasteiger partial charge on any atom is 0.213 e. The molecule has 1 N–H and O–H groups in total. The Kier molecular flexibility index (Phi) is 5.63. The van der Waals surface area contributed by atoms with E-state index in [1.165, 1.54) is 11.4 Å². The van der Waals surface area contributed by atoms with E-state index in [1.54, 1.807) is 6.92 Å². The van der Waals surface area contributed by atoms with E-state index < -0.39 is 16.1 Å². The Morgan fingerprint density at radius 2 is 1.79 bits per heavy atom. The Labute approximate surface area is 87.0 Å². The molecule has 0 aromatic heterocycles. The first-order chi connectivity index (χ1) is 6.25. The highest BCUT2D eigenvalue weighted by Gasteiger charge is 2.19. The summed E-state index contributed by atoms with van der Waals surface area (Å²) in [5.41, 5.74) is 0. The van der Waals surface area contributed by atoms with Gasteiger partial charge in [0.05, 0.1) is 11.9 Å². The molecule has 4 nitrogen and oxygen atoms in total. The molecule has 0 rings (SSSR count). The molecule has 0 aliphatic rings. The summed E-state index contributed by atoms with van der Waals surface area (Å²) >= 11 is 0. The molecule has 0 amide bonds. The van der Waals surface area contributed by atoms with E-state index in [-0.39, 0.29) is 12.3 Å². The van der Waals surface area contributed by atoms with E-state index >= 15 is 0 Å². The molecule has 0 fully saturated rings. The molecule has 0 aliphatic carbocycles. The first kappa shape index (κ1) is 13.9. The normalized spacial score (nSPS) is 15.1. The van der Waals surface area contributed by atoms with Crippen molar-refractivity contribution in [3.63, 3.8) is 0 Å². The zero-order chi connectivity index (χ0) is 11.4. The van der Waals surface area contributed by atoms with Crippen LogP contribution in [0.4, 0.5) is 0 Å². The first-order valence-electron chi connectivity index (χ1n) is 4.87. The van der Waals surface area contributed by atoms with Crippen molar-refractivity contribution in [1.82, 2.24) is 4.31 Å². The SMILES string of the molecule is CC(C)CCS(=O)(=O)N(C)CC(C)O. The van der Waals surface area contributed by atoms with Gasteiger partial charge in [0.25, 0.3) is 0 Å². The molecule has 0 aromatic carbocycles. The maximum atomic E-state index is 11.6. The lowest BCUT2D eigenvalue weighted by atomic mass is 10.2. The number of hydrogen-bond acceptors (Lipinski definition) is 3. The molecule has 14 heavy (non-hydrogen) atoms. The van der Waals surface area contributed by atoms with Gasteiger partial charge in [0.1, 0.15) is 0 Å². The lowest BCUT2D eigenvalue weighted by Gasteiger charge is -2.18. The molecule has 5 heteroatoms. The molecule has 0 saturated carbocycles. The third-order valence-corrected chi connectivity index (χ3v) is 3.80. The smallest absolute Gasteiger partial charge is 0.213 e. The minimum absolute atomic E-state index is 0.161. The van der Waals surface area contributed by atoms with E-state index in [1.807, 2.05) is 13.8 Å². The number of aliphatic hydroxyl groups excluding tert-OH is 1. The van der Waals surface area contributed by atoms with Crippen molar-refractivity contribution in [3.8, 4) is 0 Å². The third kappa shape index (κ3) is 5.57. The summed E-state index contributed by atoms with van der Waals surface area (Å²) < 4.78 is 24.4. The zero-order valence-corrected chi connectivity index (χ0v) is 10.2. The molecule has 1 atom stereocenters. The van der Waals surface area contributed by atoms with Crippen LogP contribution in [-0.4, -0.2) is 43.3 Å². The molecule has 0 heterocycles. The van der Waals surface area contributed by atoms with Crippen molar-refractivity contribution < 1.29 is 13.5 Å². The van der Waals surface area contributed by atoms with Crippen LogP contribution in [0.1, 0.15) is 27.2 Å². The lowest BCUT2D eigenvalue weighted by Crippen LogP contribution is -2.35. The van der Waals surface area contributed by atoms with Crippen molar-refractivity contribution in [3.05, 3.63) is 0 Å². The quantitative estimate of drug-likeness (QED) is 0.720. The van der Waals surface area contributed by atoms with Gasteiger partial charge < -0.3 is 5.11 Å². The maximum absolute atomic E-state index is 11.6. The second-order valence-electron chi connectivity index (χ2n) is 4.13. The third-order valence-electron chi connectivity index (χ3n) is 1.95. The second-order valence-corrected chi connectivity index (χ2v) is 6.32. The van der Waals surface area contributed by atoms with Crippen LogP contribution >= 0.6 is 0 Å². The predicted molar refractivity (Wildman–Crippen MR) is 57.6 cm³/mol. The van der Waals surface area contributed by atoms with Gasteiger partial charge in [-0.2, -0.15) is 0 Å². The first-order valence-corrected chi connectivity index (χ1v) is 6.48. The number of likely N-dealkylation sites (N-methyl/N-ethyl adjacent to an activating group) is 1. The predicted octanol–water partition coefficient (Wildman–Crippen LogP) is 0.675. The Morgan fingerprint density at radius 1 is 1.29 bits per heavy atom. The molecule has 0 radical (unpaired) electrons. The zero-order valence-electron chi connectivity index (χ0n) is 9.40. The second kappa shape index (κ2) is 5.68. The average molecular weight is 223 g/mol. The van der Waals surface area contributed by atoms with Crippen LogP contribution in [0.5, 0.6) is 0 Å². The van der Waals surface area contributed by atoms with Gasteiger partial charge in [0, 0.05) is 13.6 Å². The lowest BCUT2D eigenvalue weighted by molar-refractivity contribution is 0.171. The van der Waals surface area contributed by atoms with Gasteiger partial charge >= 0.3 is 0 Å². The molecule has 0 saturated heterocycles. The van der Waals surface area contributed by atoms with Gasteiger partial charge in [-0.05, 0) is 19.3 Å². The standard InChI is InChI=1S/C9H21NO3S/c1-8(2)5-6-14(12,13)10(4)7-9(3)11/h8-9,11H,5-7H2,1-4H3. The summed E-state index contributed by atoms with van der Waals surface area (Å²) in [6, 6.07) is 0. The van der Waals surface area contributed by atoms with Crippen LogP contribution in [0.2, 0.25) is 0 Å². The Hall–Kier alpha value is -0.130. The molecule has 1 unspecified atom stereocenters. The average Bonchev–Trinajstić information content (AvgIpc) is 1.99. The van der Waals surface area contributed by atoms with Gasteiger partial charge in [-0.15, -0.1) is 0 Å². The van der Waals surface area contributed by atoms with E-state index in [0.717, 1.165) is 0 Å². The summed E-state index contributed by atoms with van der Waals surface area (Å²) in [6.07, 6.45) is 0.0424. The van der Waals surface area contributed by atoms with E-state index in [9.17, 15) is 8.42 Å². The molecule has 0 bridgehead atoms. The Bertz CT molecular complexity index is 247. The molecule has 0 aliphatic heterocycles. The van der Waals surface area contributed by atoms with Gasteiger partial charge in [0.2, 0.25) is 10.0 Å². The van der Waals surface area contributed by atoms with Gasteiger partial charge in [-0.1, -0.05) is 13.8 Å². The highest BCUT2D eigenvalue weighted by Crippen LogP contribution is 2.06. The monoisotopic (exact) mass is 223 g/mol. The molecular formula is C9H21NO3S. The molecular weight excluding hydrogens is 202 g/mol. The minimum Gasteiger partial charge on any atom is -0.392 e. The van der Waals surface area contributed by atoms with Crippen LogP contribution in [-0.2, 0) is 10.0 Å². The van der Waals surface area contributed by atoms with Crippen molar-refractivity contribution >= 4 is 10.0 Å². The van der Waals surface area contributed by atoms with Crippen LogP contribution < -0.4 is 0 Å². The summed E-state index contributed by atoms with van der Waals surface area (Å²) in [5.74, 6) is 0.540. The Balaban J connectivity index is 4.17. The van der Waals surface area contributed by atoms with Crippen LogP contribution in [0.3, 0.4) is 0 Å². The Morgan fingerprint density at radius 3 is 2.14 bits per heavy atom. The van der Waals surface area contributed by atoms with Gasteiger partial charge in [-0.25, -0.2) is 12.7 Å². The summed E-state index contributed by atoms with van der Waals surface area (Å²) in [5, 5.41) is 9.06. The number of rotatable bonds is 6. The fourth-order valence-electron chi connectivity index (χ4n) is 1.03. The molecule has 86 valence electrons. The van der Waals surface area contributed by atoms with E-state index in [0.29, 0.717) is 12.3 Å².